The number of rotatable bonds is 2. The van der Waals surface area contributed by atoms with Gasteiger partial charge in [-0.25, -0.2) is 4.79 Å². The molecule has 1 saturated carbocycles. The molecule has 0 amide bonds. The number of carbonyl (C=O) groups is 1. The van der Waals surface area contributed by atoms with Gasteiger partial charge in [-0.1, -0.05) is 27.2 Å². The maximum absolute atomic E-state index is 10.7. The summed E-state index contributed by atoms with van der Waals surface area (Å²) in [7, 11) is 0. The van der Waals surface area contributed by atoms with Gasteiger partial charge in [-0.2, -0.15) is 0 Å². The fraction of sp³-hybridized carbons (Fsp3) is 0.909. The van der Waals surface area contributed by atoms with Crippen LogP contribution in [-0.4, -0.2) is 11.5 Å². The summed E-state index contributed by atoms with van der Waals surface area (Å²) in [6, 6.07) is 0. The summed E-state index contributed by atoms with van der Waals surface area (Å²) >= 11 is 5.27. The lowest BCUT2D eigenvalue weighted by Gasteiger charge is -2.36. The highest BCUT2D eigenvalue weighted by atomic mass is 35.5. The Balaban J connectivity index is 2.58. The maximum Gasteiger partial charge on any atom is 0.404 e. The molecule has 1 fully saturated rings. The van der Waals surface area contributed by atoms with Crippen LogP contribution in [0.15, 0.2) is 0 Å². The zero-order chi connectivity index (χ0) is 10.7. The molecular weight excluding hydrogens is 200 g/mol. The third-order valence-electron chi connectivity index (χ3n) is 3.21. The van der Waals surface area contributed by atoms with Crippen LogP contribution in [0.4, 0.5) is 4.79 Å². The van der Waals surface area contributed by atoms with Gasteiger partial charge in [-0.05, 0) is 30.6 Å². The summed E-state index contributed by atoms with van der Waals surface area (Å²) in [6.07, 6.45) is 3.37. The summed E-state index contributed by atoms with van der Waals surface area (Å²) in [5.74, 6) is 1.68. The van der Waals surface area contributed by atoms with Crippen LogP contribution in [0.3, 0.4) is 0 Å². The Morgan fingerprint density at radius 1 is 1.43 bits per heavy atom. The van der Waals surface area contributed by atoms with Crippen molar-refractivity contribution in [1.82, 2.24) is 0 Å². The fourth-order valence-corrected chi connectivity index (χ4v) is 2.48. The quantitative estimate of drug-likeness (QED) is 0.659. The third-order valence-corrected chi connectivity index (χ3v) is 3.29. The van der Waals surface area contributed by atoms with E-state index in [2.05, 4.69) is 20.8 Å². The van der Waals surface area contributed by atoms with E-state index in [-0.39, 0.29) is 6.10 Å². The minimum atomic E-state index is -0.658. The highest BCUT2D eigenvalue weighted by Gasteiger charge is 2.32. The van der Waals surface area contributed by atoms with Gasteiger partial charge in [0.25, 0.3) is 0 Å². The molecule has 1 aliphatic carbocycles. The van der Waals surface area contributed by atoms with Crippen molar-refractivity contribution < 1.29 is 9.53 Å². The lowest BCUT2D eigenvalue weighted by molar-refractivity contribution is 0.0179. The van der Waals surface area contributed by atoms with E-state index in [1.54, 1.807) is 0 Å². The standard InChI is InChI=1S/C11H19ClO2/c1-7(2)9-5-4-8(3)6-10(9)14-11(12)13/h7-10H,4-6H2,1-3H3/t8?,9-,10?/m1/s1. The summed E-state index contributed by atoms with van der Waals surface area (Å²) in [5.41, 5.74) is -0.658. The zero-order valence-corrected chi connectivity index (χ0v) is 9.88. The van der Waals surface area contributed by atoms with Crippen molar-refractivity contribution in [3.8, 4) is 0 Å². The minimum absolute atomic E-state index is 0.0312. The molecule has 0 saturated heterocycles. The second-order valence-electron chi connectivity index (χ2n) is 4.72. The Morgan fingerprint density at radius 3 is 2.57 bits per heavy atom. The molecule has 3 heteroatoms. The van der Waals surface area contributed by atoms with Crippen molar-refractivity contribution in [2.45, 2.75) is 46.1 Å². The van der Waals surface area contributed by atoms with E-state index in [4.69, 9.17) is 16.3 Å². The topological polar surface area (TPSA) is 26.3 Å². The van der Waals surface area contributed by atoms with Crippen molar-refractivity contribution in [3.05, 3.63) is 0 Å². The molecule has 0 radical (unpaired) electrons. The van der Waals surface area contributed by atoms with Gasteiger partial charge in [-0.3, -0.25) is 0 Å². The van der Waals surface area contributed by atoms with Gasteiger partial charge in [0, 0.05) is 11.6 Å². The van der Waals surface area contributed by atoms with Crippen molar-refractivity contribution in [1.29, 1.82) is 0 Å². The number of carbonyl (C=O) groups excluding carboxylic acids is 1. The van der Waals surface area contributed by atoms with E-state index in [0.29, 0.717) is 17.8 Å². The summed E-state index contributed by atoms with van der Waals surface area (Å²) in [4.78, 5) is 10.7. The Bertz CT molecular complexity index is 203. The first-order chi connectivity index (χ1) is 6.50. The molecule has 0 aromatic heterocycles. The Kier molecular flexibility index (Phi) is 4.24. The van der Waals surface area contributed by atoms with Crippen LogP contribution >= 0.6 is 11.6 Å². The number of hydrogen-bond donors (Lipinski definition) is 0. The lowest BCUT2D eigenvalue weighted by atomic mass is 9.75. The molecule has 3 atom stereocenters. The first-order valence-electron chi connectivity index (χ1n) is 5.36. The van der Waals surface area contributed by atoms with Gasteiger partial charge in [0.1, 0.15) is 6.10 Å². The van der Waals surface area contributed by atoms with Gasteiger partial charge >= 0.3 is 5.43 Å². The highest BCUT2D eigenvalue weighted by Crippen LogP contribution is 2.35. The number of halogens is 1. The average Bonchev–Trinajstić information content (AvgIpc) is 2.01. The van der Waals surface area contributed by atoms with Crippen molar-refractivity contribution >= 4 is 17.0 Å². The number of hydrogen-bond acceptors (Lipinski definition) is 2. The molecule has 0 aromatic carbocycles. The van der Waals surface area contributed by atoms with E-state index in [9.17, 15) is 4.79 Å². The van der Waals surface area contributed by atoms with E-state index in [1.165, 1.54) is 6.42 Å². The van der Waals surface area contributed by atoms with Gasteiger partial charge in [-0.15, -0.1) is 0 Å². The van der Waals surface area contributed by atoms with Crippen LogP contribution in [0.2, 0.25) is 0 Å². The van der Waals surface area contributed by atoms with E-state index in [0.717, 1.165) is 12.8 Å². The molecule has 0 heterocycles. The van der Waals surface area contributed by atoms with E-state index >= 15 is 0 Å². The smallest absolute Gasteiger partial charge is 0.404 e. The van der Waals surface area contributed by atoms with Crippen LogP contribution in [0.1, 0.15) is 40.0 Å². The summed E-state index contributed by atoms with van der Waals surface area (Å²) < 4.78 is 5.16. The molecule has 0 aliphatic heterocycles. The SMILES string of the molecule is CC1CC[C@H](C(C)C)C(OC(=O)Cl)C1. The lowest BCUT2D eigenvalue weighted by Crippen LogP contribution is -2.34. The monoisotopic (exact) mass is 218 g/mol. The average molecular weight is 219 g/mol. The highest BCUT2D eigenvalue weighted by molar-refractivity contribution is 6.61. The maximum atomic E-state index is 10.7. The molecule has 14 heavy (non-hydrogen) atoms. The van der Waals surface area contributed by atoms with Crippen LogP contribution < -0.4 is 0 Å². The molecule has 1 rings (SSSR count). The van der Waals surface area contributed by atoms with Gasteiger partial charge < -0.3 is 4.74 Å². The molecule has 2 unspecified atom stereocenters. The number of ether oxygens (including phenoxy) is 1. The minimum Gasteiger partial charge on any atom is -0.450 e. The molecule has 1 aliphatic rings. The molecule has 0 bridgehead atoms. The van der Waals surface area contributed by atoms with Crippen LogP contribution in [0, 0.1) is 17.8 Å². The Morgan fingerprint density at radius 2 is 2.07 bits per heavy atom. The van der Waals surface area contributed by atoms with E-state index in [1.807, 2.05) is 0 Å². The first kappa shape index (κ1) is 11.8. The predicted octanol–water partition coefficient (Wildman–Crippen LogP) is 3.82. The molecule has 0 N–H and O–H groups in total. The van der Waals surface area contributed by atoms with Crippen LogP contribution in [0.25, 0.3) is 0 Å². The van der Waals surface area contributed by atoms with Gasteiger partial charge in [0.15, 0.2) is 0 Å². The second kappa shape index (κ2) is 5.01. The molecular formula is C11H19ClO2. The normalized spacial score (nSPS) is 33.1. The van der Waals surface area contributed by atoms with Crippen molar-refractivity contribution in [3.63, 3.8) is 0 Å². The van der Waals surface area contributed by atoms with Crippen molar-refractivity contribution in [2.75, 3.05) is 0 Å². The third kappa shape index (κ3) is 3.16. The predicted molar refractivity (Wildman–Crippen MR) is 57.5 cm³/mol. The van der Waals surface area contributed by atoms with Crippen LogP contribution in [-0.2, 0) is 4.74 Å². The summed E-state index contributed by atoms with van der Waals surface area (Å²) in [6.45, 7) is 6.55. The second-order valence-corrected chi connectivity index (χ2v) is 5.03. The Hall–Kier alpha value is -0.240. The largest absolute Gasteiger partial charge is 0.450 e. The molecule has 0 aromatic rings. The van der Waals surface area contributed by atoms with Crippen molar-refractivity contribution in [2.24, 2.45) is 17.8 Å². The summed E-state index contributed by atoms with van der Waals surface area (Å²) in [5, 5.41) is 0. The van der Waals surface area contributed by atoms with Gasteiger partial charge in [0.05, 0.1) is 0 Å². The first-order valence-corrected chi connectivity index (χ1v) is 5.74. The zero-order valence-electron chi connectivity index (χ0n) is 9.13. The van der Waals surface area contributed by atoms with Gasteiger partial charge in [0.2, 0.25) is 0 Å². The fourth-order valence-electron chi connectivity index (χ4n) is 2.37. The molecule has 82 valence electrons. The Labute approximate surface area is 91.0 Å². The molecule has 2 nitrogen and oxygen atoms in total. The molecule has 0 spiro atoms. The van der Waals surface area contributed by atoms with Crippen LogP contribution in [0.5, 0.6) is 0 Å². The van der Waals surface area contributed by atoms with E-state index < -0.39 is 5.43 Å².